The van der Waals surface area contributed by atoms with Gasteiger partial charge in [-0.15, -0.1) is 0 Å². The number of carboxylic acid groups (broad SMARTS) is 1. The molecule has 0 saturated carbocycles. The van der Waals surface area contributed by atoms with Crippen molar-refractivity contribution in [2.75, 3.05) is 0 Å². The van der Waals surface area contributed by atoms with Gasteiger partial charge in [-0.05, 0) is 23.8 Å². The van der Waals surface area contributed by atoms with Gasteiger partial charge in [-0.3, -0.25) is 9.59 Å². The molecule has 2 rings (SSSR count). The average Bonchev–Trinajstić information content (AvgIpc) is 2.95. The normalized spacial score (nSPS) is 11.9. The number of nitrogens with one attached hydrogen (secondary N) is 1. The zero-order chi connectivity index (χ0) is 16.1. The van der Waals surface area contributed by atoms with Crippen LogP contribution in [0, 0.1) is 0 Å². The summed E-state index contributed by atoms with van der Waals surface area (Å²) >= 11 is 5.83. The number of benzene rings is 1. The van der Waals surface area contributed by atoms with Crippen molar-refractivity contribution >= 4 is 23.5 Å². The van der Waals surface area contributed by atoms with Gasteiger partial charge in [0.15, 0.2) is 0 Å². The Kier molecular flexibility index (Phi) is 5.22. The van der Waals surface area contributed by atoms with Crippen LogP contribution in [0.25, 0.3) is 0 Å². The van der Waals surface area contributed by atoms with E-state index >= 15 is 0 Å². The Morgan fingerprint density at radius 3 is 2.55 bits per heavy atom. The van der Waals surface area contributed by atoms with Crippen molar-refractivity contribution < 1.29 is 19.1 Å². The SMILES string of the molecule is CCc1occc1C(=O)N[C@@H](CC(=O)O)c1ccc(Cl)cc1. The van der Waals surface area contributed by atoms with Crippen LogP contribution in [-0.2, 0) is 11.2 Å². The molecule has 1 amide bonds. The highest BCUT2D eigenvalue weighted by atomic mass is 35.5. The molecule has 116 valence electrons. The largest absolute Gasteiger partial charge is 0.481 e. The van der Waals surface area contributed by atoms with Gasteiger partial charge in [0.25, 0.3) is 5.91 Å². The van der Waals surface area contributed by atoms with Crippen LogP contribution in [0.2, 0.25) is 5.02 Å². The number of hydrogen-bond donors (Lipinski definition) is 2. The van der Waals surface area contributed by atoms with E-state index in [1.54, 1.807) is 30.3 Å². The Balaban J connectivity index is 2.21. The highest BCUT2D eigenvalue weighted by Gasteiger charge is 2.21. The maximum Gasteiger partial charge on any atom is 0.305 e. The molecule has 1 atom stereocenters. The second-order valence-electron chi connectivity index (χ2n) is 4.79. The summed E-state index contributed by atoms with van der Waals surface area (Å²) in [4.78, 5) is 23.4. The van der Waals surface area contributed by atoms with Gasteiger partial charge in [-0.25, -0.2) is 0 Å². The molecule has 1 heterocycles. The van der Waals surface area contributed by atoms with Gasteiger partial charge in [0.2, 0.25) is 0 Å². The maximum absolute atomic E-state index is 12.3. The van der Waals surface area contributed by atoms with Crippen LogP contribution in [0.5, 0.6) is 0 Å². The lowest BCUT2D eigenvalue weighted by Gasteiger charge is -2.17. The molecule has 0 aliphatic rings. The van der Waals surface area contributed by atoms with Gasteiger partial charge in [0, 0.05) is 11.4 Å². The van der Waals surface area contributed by atoms with E-state index in [9.17, 15) is 9.59 Å². The fourth-order valence-electron chi connectivity index (χ4n) is 2.17. The predicted molar refractivity (Wildman–Crippen MR) is 82.0 cm³/mol. The number of hydrogen-bond acceptors (Lipinski definition) is 3. The summed E-state index contributed by atoms with van der Waals surface area (Å²) in [5.41, 5.74) is 1.11. The van der Waals surface area contributed by atoms with E-state index in [1.165, 1.54) is 6.26 Å². The van der Waals surface area contributed by atoms with Crippen molar-refractivity contribution in [3.8, 4) is 0 Å². The van der Waals surface area contributed by atoms with Crippen molar-refractivity contribution in [3.63, 3.8) is 0 Å². The molecule has 2 N–H and O–H groups in total. The molecule has 0 aliphatic heterocycles. The van der Waals surface area contributed by atoms with Gasteiger partial charge in [0.1, 0.15) is 5.76 Å². The zero-order valence-electron chi connectivity index (χ0n) is 12.0. The van der Waals surface area contributed by atoms with Crippen LogP contribution in [0.3, 0.4) is 0 Å². The molecule has 0 saturated heterocycles. The molecule has 0 radical (unpaired) electrons. The van der Waals surface area contributed by atoms with E-state index in [-0.39, 0.29) is 12.3 Å². The lowest BCUT2D eigenvalue weighted by molar-refractivity contribution is -0.137. The molecule has 1 aromatic carbocycles. The van der Waals surface area contributed by atoms with Gasteiger partial charge in [-0.1, -0.05) is 30.7 Å². The molecule has 0 fully saturated rings. The first-order chi connectivity index (χ1) is 10.5. The molecule has 22 heavy (non-hydrogen) atoms. The first kappa shape index (κ1) is 16.1. The molecule has 0 aliphatic carbocycles. The Morgan fingerprint density at radius 2 is 1.95 bits per heavy atom. The molecule has 2 aromatic rings. The summed E-state index contributed by atoms with van der Waals surface area (Å²) in [6.45, 7) is 1.88. The Labute approximate surface area is 132 Å². The van der Waals surface area contributed by atoms with E-state index < -0.39 is 12.0 Å². The number of aryl methyl sites for hydroxylation is 1. The minimum absolute atomic E-state index is 0.216. The van der Waals surface area contributed by atoms with Crippen LogP contribution in [0.1, 0.15) is 41.1 Å². The Bertz CT molecular complexity index is 663. The molecular weight excluding hydrogens is 306 g/mol. The molecule has 5 nitrogen and oxygen atoms in total. The van der Waals surface area contributed by atoms with Crippen molar-refractivity contribution in [2.24, 2.45) is 0 Å². The number of halogens is 1. The van der Waals surface area contributed by atoms with Crippen molar-refractivity contribution in [1.82, 2.24) is 5.32 Å². The quantitative estimate of drug-likeness (QED) is 0.854. The third-order valence-electron chi connectivity index (χ3n) is 3.27. The lowest BCUT2D eigenvalue weighted by Crippen LogP contribution is -2.30. The van der Waals surface area contributed by atoms with Crippen molar-refractivity contribution in [1.29, 1.82) is 0 Å². The number of rotatable bonds is 6. The summed E-state index contributed by atoms with van der Waals surface area (Å²) in [6, 6.07) is 7.66. The van der Waals surface area contributed by atoms with Gasteiger partial charge >= 0.3 is 5.97 Å². The fourth-order valence-corrected chi connectivity index (χ4v) is 2.30. The number of carboxylic acids is 1. The highest BCUT2D eigenvalue weighted by Crippen LogP contribution is 2.21. The number of furan rings is 1. The summed E-state index contributed by atoms with van der Waals surface area (Å²) in [7, 11) is 0. The van der Waals surface area contributed by atoms with Gasteiger partial charge in [0.05, 0.1) is 24.3 Å². The monoisotopic (exact) mass is 321 g/mol. The smallest absolute Gasteiger partial charge is 0.305 e. The summed E-state index contributed by atoms with van der Waals surface area (Å²) < 4.78 is 5.22. The first-order valence-electron chi connectivity index (χ1n) is 6.85. The van der Waals surface area contributed by atoms with Gasteiger partial charge < -0.3 is 14.8 Å². The number of amides is 1. The van der Waals surface area contributed by atoms with E-state index in [0.29, 0.717) is 28.3 Å². The van der Waals surface area contributed by atoms with Crippen LogP contribution < -0.4 is 5.32 Å². The lowest BCUT2D eigenvalue weighted by atomic mass is 10.0. The maximum atomic E-state index is 12.3. The number of carbonyl (C=O) groups excluding carboxylic acids is 1. The second-order valence-corrected chi connectivity index (χ2v) is 5.22. The minimum Gasteiger partial charge on any atom is -0.481 e. The standard InChI is InChI=1S/C16H16ClNO4/c1-2-14-12(7-8-22-14)16(21)18-13(9-15(19)20)10-3-5-11(17)6-4-10/h3-8,13H,2,9H2,1H3,(H,18,21)(H,19,20)/t13-/m0/s1. The molecule has 0 spiro atoms. The fraction of sp³-hybridized carbons (Fsp3) is 0.250. The average molecular weight is 322 g/mol. The van der Waals surface area contributed by atoms with E-state index in [0.717, 1.165) is 0 Å². The van der Waals surface area contributed by atoms with Crippen molar-refractivity contribution in [3.05, 3.63) is 58.5 Å². The number of carbonyl (C=O) groups is 2. The van der Waals surface area contributed by atoms with Gasteiger partial charge in [-0.2, -0.15) is 0 Å². The predicted octanol–water partition coefficient (Wildman–Crippen LogP) is 3.44. The van der Waals surface area contributed by atoms with Crippen LogP contribution >= 0.6 is 11.6 Å². The summed E-state index contributed by atoms with van der Waals surface area (Å²) in [6.07, 6.45) is 1.81. The molecule has 1 aromatic heterocycles. The topological polar surface area (TPSA) is 79.5 Å². The third-order valence-corrected chi connectivity index (χ3v) is 3.52. The van der Waals surface area contributed by atoms with Crippen LogP contribution in [-0.4, -0.2) is 17.0 Å². The summed E-state index contributed by atoms with van der Waals surface area (Å²) in [5.74, 6) is -0.780. The Morgan fingerprint density at radius 1 is 1.27 bits per heavy atom. The summed E-state index contributed by atoms with van der Waals surface area (Å²) in [5, 5.41) is 12.3. The Hall–Kier alpha value is -2.27. The molecule has 0 bridgehead atoms. The first-order valence-corrected chi connectivity index (χ1v) is 7.23. The van der Waals surface area contributed by atoms with E-state index in [1.807, 2.05) is 6.92 Å². The number of aliphatic carboxylic acids is 1. The van der Waals surface area contributed by atoms with Crippen LogP contribution in [0.4, 0.5) is 0 Å². The van der Waals surface area contributed by atoms with E-state index in [2.05, 4.69) is 5.32 Å². The molecule has 0 unspecified atom stereocenters. The molecule has 6 heteroatoms. The van der Waals surface area contributed by atoms with Crippen LogP contribution in [0.15, 0.2) is 41.0 Å². The highest BCUT2D eigenvalue weighted by molar-refractivity contribution is 6.30. The van der Waals surface area contributed by atoms with E-state index in [4.69, 9.17) is 21.1 Å². The zero-order valence-corrected chi connectivity index (χ0v) is 12.8. The minimum atomic E-state index is -0.997. The second kappa shape index (κ2) is 7.13. The van der Waals surface area contributed by atoms with Crippen molar-refractivity contribution in [2.45, 2.75) is 25.8 Å². The molecular formula is C16H16ClNO4. The third kappa shape index (κ3) is 3.89.